The lowest BCUT2D eigenvalue weighted by Gasteiger charge is -2.05. The van der Waals surface area contributed by atoms with Gasteiger partial charge >= 0.3 is 5.97 Å². The first-order valence-corrected chi connectivity index (χ1v) is 6.67. The van der Waals surface area contributed by atoms with Crippen LogP contribution in [-0.2, 0) is 0 Å². The van der Waals surface area contributed by atoms with Crippen LogP contribution in [0.25, 0.3) is 20.9 Å². The van der Waals surface area contributed by atoms with Gasteiger partial charge in [-0.3, -0.25) is 0 Å². The second-order valence-electron chi connectivity index (χ2n) is 3.73. The van der Waals surface area contributed by atoms with Crippen LogP contribution in [0.2, 0.25) is 0 Å². The van der Waals surface area contributed by atoms with Gasteiger partial charge < -0.3 is 5.11 Å². The van der Waals surface area contributed by atoms with Crippen LogP contribution in [0, 0.1) is 0 Å². The molecule has 84 valence electrons. The average molecular weight is 307 g/mol. The molecule has 2 aromatic carbocycles. The van der Waals surface area contributed by atoms with E-state index in [1.807, 2.05) is 29.6 Å². The zero-order valence-corrected chi connectivity index (χ0v) is 11.0. The van der Waals surface area contributed by atoms with Gasteiger partial charge in [0.25, 0.3) is 0 Å². The molecule has 0 aliphatic carbocycles. The number of carbonyl (C=O) groups is 1. The lowest BCUT2D eigenvalue weighted by Crippen LogP contribution is -1.96. The molecule has 2 nitrogen and oxygen atoms in total. The molecule has 3 rings (SSSR count). The first kappa shape index (κ1) is 10.7. The Morgan fingerprint density at radius 1 is 1.18 bits per heavy atom. The number of carboxylic acid groups (broad SMARTS) is 1. The Morgan fingerprint density at radius 3 is 2.76 bits per heavy atom. The molecule has 4 heteroatoms. The molecule has 0 aliphatic heterocycles. The van der Waals surface area contributed by atoms with Crippen molar-refractivity contribution in [1.82, 2.24) is 0 Å². The molecular weight excluding hydrogens is 300 g/mol. The van der Waals surface area contributed by atoms with Crippen molar-refractivity contribution in [3.63, 3.8) is 0 Å². The molecule has 0 atom stereocenters. The monoisotopic (exact) mass is 306 g/mol. The summed E-state index contributed by atoms with van der Waals surface area (Å²) in [7, 11) is 0. The van der Waals surface area contributed by atoms with Crippen molar-refractivity contribution < 1.29 is 9.90 Å². The zero-order valence-electron chi connectivity index (χ0n) is 8.61. The SMILES string of the molecule is O=C(O)c1cc2c(Br)cccc2c2ccsc12. The molecule has 0 spiro atoms. The summed E-state index contributed by atoms with van der Waals surface area (Å²) in [5.74, 6) is -0.880. The van der Waals surface area contributed by atoms with Gasteiger partial charge in [-0.15, -0.1) is 11.3 Å². The largest absolute Gasteiger partial charge is 0.478 e. The van der Waals surface area contributed by atoms with Crippen LogP contribution >= 0.6 is 27.3 Å². The highest BCUT2D eigenvalue weighted by atomic mass is 79.9. The van der Waals surface area contributed by atoms with Crippen LogP contribution in [0.3, 0.4) is 0 Å². The fraction of sp³-hybridized carbons (Fsp3) is 0. The summed E-state index contributed by atoms with van der Waals surface area (Å²) in [5.41, 5.74) is 0.370. The van der Waals surface area contributed by atoms with E-state index in [4.69, 9.17) is 0 Å². The number of aromatic carboxylic acids is 1. The number of halogens is 1. The Hall–Kier alpha value is -1.39. The predicted molar refractivity (Wildman–Crippen MR) is 74.0 cm³/mol. The summed E-state index contributed by atoms with van der Waals surface area (Å²) in [6.45, 7) is 0. The highest BCUT2D eigenvalue weighted by molar-refractivity contribution is 9.10. The molecule has 0 aliphatic rings. The minimum atomic E-state index is -0.880. The second kappa shape index (κ2) is 3.82. The van der Waals surface area contributed by atoms with Gasteiger partial charge in [0.05, 0.1) is 5.56 Å². The smallest absolute Gasteiger partial charge is 0.337 e. The van der Waals surface area contributed by atoms with E-state index in [-0.39, 0.29) is 0 Å². The summed E-state index contributed by atoms with van der Waals surface area (Å²) < 4.78 is 1.76. The number of carboxylic acids is 1. The maximum Gasteiger partial charge on any atom is 0.337 e. The standard InChI is InChI=1S/C13H7BrO2S/c14-11-3-1-2-7-8-4-5-17-12(8)10(13(15)16)6-9(7)11/h1-6H,(H,15,16). The second-order valence-corrected chi connectivity index (χ2v) is 5.50. The molecule has 0 bridgehead atoms. The van der Waals surface area contributed by atoms with Gasteiger partial charge in [0.15, 0.2) is 0 Å². The number of fused-ring (bicyclic) bond motifs is 3. The van der Waals surface area contributed by atoms with E-state index in [1.165, 1.54) is 11.3 Å². The quantitative estimate of drug-likeness (QED) is 0.718. The van der Waals surface area contributed by atoms with Gasteiger partial charge in [0.1, 0.15) is 0 Å². The molecular formula is C13H7BrO2S. The van der Waals surface area contributed by atoms with Crippen LogP contribution in [0.5, 0.6) is 0 Å². The molecule has 0 fully saturated rings. The van der Waals surface area contributed by atoms with E-state index < -0.39 is 5.97 Å². The van der Waals surface area contributed by atoms with Crippen molar-refractivity contribution in [3.8, 4) is 0 Å². The van der Waals surface area contributed by atoms with Crippen LogP contribution in [0.4, 0.5) is 0 Å². The Balaban J connectivity index is 2.60. The number of hydrogen-bond acceptors (Lipinski definition) is 2. The third-order valence-electron chi connectivity index (χ3n) is 2.77. The van der Waals surface area contributed by atoms with E-state index in [0.717, 1.165) is 25.3 Å². The van der Waals surface area contributed by atoms with E-state index >= 15 is 0 Å². The van der Waals surface area contributed by atoms with E-state index in [9.17, 15) is 9.90 Å². The third kappa shape index (κ3) is 1.56. The summed E-state index contributed by atoms with van der Waals surface area (Å²) in [4.78, 5) is 11.3. The molecule has 3 aromatic rings. The maximum absolute atomic E-state index is 11.3. The van der Waals surface area contributed by atoms with Crippen LogP contribution in [-0.4, -0.2) is 11.1 Å². The number of benzene rings is 2. The first-order valence-electron chi connectivity index (χ1n) is 5.00. The zero-order chi connectivity index (χ0) is 12.0. The molecule has 0 saturated heterocycles. The molecule has 1 aromatic heterocycles. The molecule has 17 heavy (non-hydrogen) atoms. The predicted octanol–water partition coefficient (Wildman–Crippen LogP) is 4.52. The number of hydrogen-bond donors (Lipinski definition) is 1. The van der Waals surface area contributed by atoms with Crippen molar-refractivity contribution in [2.45, 2.75) is 0 Å². The maximum atomic E-state index is 11.3. The van der Waals surface area contributed by atoms with Gasteiger partial charge in [0.2, 0.25) is 0 Å². The molecule has 1 heterocycles. The van der Waals surface area contributed by atoms with Gasteiger partial charge in [-0.2, -0.15) is 0 Å². The lowest BCUT2D eigenvalue weighted by atomic mass is 10.0. The summed E-state index contributed by atoms with van der Waals surface area (Å²) in [6, 6.07) is 9.61. The van der Waals surface area contributed by atoms with Gasteiger partial charge in [-0.25, -0.2) is 4.79 Å². The van der Waals surface area contributed by atoms with Crippen molar-refractivity contribution >= 4 is 54.1 Å². The lowest BCUT2D eigenvalue weighted by molar-refractivity contribution is 0.0699. The highest BCUT2D eigenvalue weighted by Gasteiger charge is 2.13. The van der Waals surface area contributed by atoms with Crippen LogP contribution in [0.15, 0.2) is 40.2 Å². The van der Waals surface area contributed by atoms with E-state index in [2.05, 4.69) is 15.9 Å². The van der Waals surface area contributed by atoms with Gasteiger partial charge in [0, 0.05) is 14.6 Å². The molecule has 0 amide bonds. The first-order chi connectivity index (χ1) is 8.18. The minimum Gasteiger partial charge on any atom is -0.478 e. The Kier molecular flexibility index (Phi) is 2.42. The topological polar surface area (TPSA) is 37.3 Å². The molecule has 0 unspecified atom stereocenters. The highest BCUT2D eigenvalue weighted by Crippen LogP contribution is 2.35. The van der Waals surface area contributed by atoms with Crippen molar-refractivity contribution in [1.29, 1.82) is 0 Å². The molecule has 0 saturated carbocycles. The Bertz CT molecular complexity index is 746. The average Bonchev–Trinajstić information content (AvgIpc) is 2.77. The van der Waals surface area contributed by atoms with E-state index in [1.54, 1.807) is 6.07 Å². The van der Waals surface area contributed by atoms with Crippen LogP contribution < -0.4 is 0 Å². The van der Waals surface area contributed by atoms with Crippen molar-refractivity contribution in [3.05, 3.63) is 45.7 Å². The fourth-order valence-corrected chi connectivity index (χ4v) is 3.42. The molecule has 1 N–H and O–H groups in total. The number of thiophene rings is 1. The molecule has 0 radical (unpaired) electrons. The van der Waals surface area contributed by atoms with Crippen LogP contribution in [0.1, 0.15) is 10.4 Å². The summed E-state index contributed by atoms with van der Waals surface area (Å²) in [5, 5.41) is 14.2. The summed E-state index contributed by atoms with van der Waals surface area (Å²) in [6.07, 6.45) is 0. The van der Waals surface area contributed by atoms with Crippen molar-refractivity contribution in [2.24, 2.45) is 0 Å². The number of rotatable bonds is 1. The Labute approximate surface area is 110 Å². The summed E-state index contributed by atoms with van der Waals surface area (Å²) >= 11 is 4.93. The van der Waals surface area contributed by atoms with E-state index in [0.29, 0.717) is 5.56 Å². The van der Waals surface area contributed by atoms with Gasteiger partial charge in [-0.1, -0.05) is 28.1 Å². The normalized spacial score (nSPS) is 11.1. The van der Waals surface area contributed by atoms with Gasteiger partial charge in [-0.05, 0) is 34.4 Å². The third-order valence-corrected chi connectivity index (χ3v) is 4.41. The minimum absolute atomic E-state index is 0.370. The Morgan fingerprint density at radius 2 is 2.00 bits per heavy atom. The fourth-order valence-electron chi connectivity index (χ4n) is 2.02. The van der Waals surface area contributed by atoms with Crippen molar-refractivity contribution in [2.75, 3.05) is 0 Å².